The Hall–Kier alpha value is -4.13. The average molecular weight is 513 g/mol. The molecule has 2 aliphatic rings. The highest BCUT2D eigenvalue weighted by Crippen LogP contribution is 2.35. The van der Waals surface area contributed by atoms with Crippen LogP contribution in [-0.2, 0) is 11.3 Å². The third-order valence-electron chi connectivity index (χ3n) is 7.53. The number of hydrogen-bond donors (Lipinski definition) is 0. The van der Waals surface area contributed by atoms with Crippen LogP contribution in [0.25, 0.3) is 16.6 Å². The molecule has 0 bridgehead atoms. The van der Waals surface area contributed by atoms with Gasteiger partial charge in [-0.2, -0.15) is 20.0 Å². The van der Waals surface area contributed by atoms with Crippen LogP contribution < -0.4 is 4.90 Å². The van der Waals surface area contributed by atoms with Gasteiger partial charge in [0.05, 0.1) is 29.4 Å². The summed E-state index contributed by atoms with van der Waals surface area (Å²) in [5.74, 6) is 1.31. The Morgan fingerprint density at radius 3 is 2.68 bits per heavy atom. The number of anilines is 1. The molecule has 1 aromatic carbocycles. The van der Waals surface area contributed by atoms with Gasteiger partial charge in [0.25, 0.3) is 0 Å². The first-order chi connectivity index (χ1) is 18.2. The number of nitriles is 1. The van der Waals surface area contributed by atoms with Crippen LogP contribution in [0.5, 0.6) is 0 Å². The number of hydrogen-bond acceptors (Lipinski definition) is 7. The minimum Gasteiger partial charge on any atom is -0.444 e. The molecular weight excluding hydrogens is 480 g/mol. The Balaban J connectivity index is 1.23. The number of ether oxygens (including phenoxy) is 1. The number of pyridine rings is 1. The van der Waals surface area contributed by atoms with Gasteiger partial charge in [-0.25, -0.2) is 9.78 Å². The second kappa shape index (κ2) is 9.01. The molecule has 1 fully saturated rings. The van der Waals surface area contributed by atoms with E-state index in [-0.39, 0.29) is 12.1 Å². The third-order valence-corrected chi connectivity index (χ3v) is 7.53. The molecule has 38 heavy (non-hydrogen) atoms. The van der Waals surface area contributed by atoms with Gasteiger partial charge in [0.1, 0.15) is 23.8 Å². The van der Waals surface area contributed by atoms with Crippen molar-refractivity contribution in [3.8, 4) is 6.07 Å². The van der Waals surface area contributed by atoms with Crippen molar-refractivity contribution in [1.82, 2.24) is 29.3 Å². The Morgan fingerprint density at radius 1 is 1.16 bits per heavy atom. The molecule has 0 N–H and O–H groups in total. The number of rotatable bonds is 2. The van der Waals surface area contributed by atoms with Gasteiger partial charge in [-0.1, -0.05) is 12.1 Å². The summed E-state index contributed by atoms with van der Waals surface area (Å²) < 4.78 is 9.45. The second-order valence-corrected chi connectivity index (χ2v) is 11.4. The Morgan fingerprint density at radius 2 is 1.95 bits per heavy atom. The molecule has 0 radical (unpaired) electrons. The summed E-state index contributed by atoms with van der Waals surface area (Å²) in [7, 11) is 0. The van der Waals surface area contributed by atoms with E-state index in [1.165, 1.54) is 17.6 Å². The summed E-state index contributed by atoms with van der Waals surface area (Å²) in [5, 5.41) is 20.0. The topological polar surface area (TPSA) is 105 Å². The van der Waals surface area contributed by atoms with Gasteiger partial charge in [-0.3, -0.25) is 4.68 Å². The first kappa shape index (κ1) is 24.2. The van der Waals surface area contributed by atoms with E-state index in [2.05, 4.69) is 50.9 Å². The number of piperidine rings is 1. The number of likely N-dealkylation sites (tertiary alicyclic amines) is 1. The van der Waals surface area contributed by atoms with E-state index in [0.717, 1.165) is 36.1 Å². The van der Waals surface area contributed by atoms with Crippen molar-refractivity contribution in [2.24, 2.45) is 0 Å². The summed E-state index contributed by atoms with van der Waals surface area (Å²) in [6, 6.07) is 12.8. The molecule has 0 spiro atoms. The van der Waals surface area contributed by atoms with Crippen molar-refractivity contribution in [1.29, 1.82) is 5.26 Å². The number of carbonyl (C=O) groups excluding carboxylic acids is 1. The van der Waals surface area contributed by atoms with E-state index in [1.807, 2.05) is 37.8 Å². The fourth-order valence-corrected chi connectivity index (χ4v) is 5.71. The molecule has 0 aliphatic carbocycles. The molecule has 1 saturated heterocycles. The lowest BCUT2D eigenvalue weighted by atomic mass is 9.89. The molecule has 1 amide bonds. The van der Waals surface area contributed by atoms with Crippen molar-refractivity contribution < 1.29 is 9.53 Å². The van der Waals surface area contributed by atoms with Crippen molar-refractivity contribution in [3.05, 3.63) is 53.5 Å². The molecule has 1 atom stereocenters. The van der Waals surface area contributed by atoms with Crippen LogP contribution >= 0.6 is 0 Å². The van der Waals surface area contributed by atoms with Gasteiger partial charge in [-0.05, 0) is 70.2 Å². The van der Waals surface area contributed by atoms with Crippen molar-refractivity contribution in [3.63, 3.8) is 0 Å². The van der Waals surface area contributed by atoms with E-state index < -0.39 is 5.60 Å². The van der Waals surface area contributed by atoms with Crippen LogP contribution in [0, 0.1) is 11.3 Å². The number of nitrogens with zero attached hydrogens (tertiary/aromatic N) is 8. The number of fused-ring (bicyclic) bond motifs is 4. The molecular formula is C28H32N8O2. The SMILES string of the molecule is C[C@@H]1CN(c2ccc(C#N)c3ncnn23)Cc2c3ccc(C4CCN(C(=O)OC(C)(C)C)CC4)cc3nn21. The molecule has 4 aromatic rings. The van der Waals surface area contributed by atoms with E-state index in [9.17, 15) is 10.1 Å². The predicted molar refractivity (Wildman–Crippen MR) is 143 cm³/mol. The lowest BCUT2D eigenvalue weighted by Gasteiger charge is -2.34. The van der Waals surface area contributed by atoms with Gasteiger partial charge in [-0.15, -0.1) is 0 Å². The zero-order valence-electron chi connectivity index (χ0n) is 22.3. The van der Waals surface area contributed by atoms with Crippen molar-refractivity contribution >= 4 is 28.5 Å². The lowest BCUT2D eigenvalue weighted by Crippen LogP contribution is -2.41. The van der Waals surface area contributed by atoms with Crippen molar-refractivity contribution in [2.75, 3.05) is 24.5 Å². The molecule has 5 heterocycles. The Bertz CT molecular complexity index is 1570. The normalized spacial score (nSPS) is 18.6. The summed E-state index contributed by atoms with van der Waals surface area (Å²) in [6.07, 6.45) is 3.09. The molecule has 0 saturated carbocycles. The smallest absolute Gasteiger partial charge is 0.410 e. The Kier molecular flexibility index (Phi) is 5.74. The summed E-state index contributed by atoms with van der Waals surface area (Å²) in [4.78, 5) is 20.8. The standard InChI is InChI=1S/C28H32N8O2/c1-18-15-34(25-8-6-21(14-29)26-30-17-31-36(25)26)16-24-22-7-5-20(13-23(22)32-35(18)24)19-9-11-33(12-10-19)27(37)38-28(2,3)4/h5-8,13,17-19H,9-12,15-16H2,1-4H3/t18-/m1/s1. The highest BCUT2D eigenvalue weighted by molar-refractivity contribution is 5.83. The summed E-state index contributed by atoms with van der Waals surface area (Å²) in [6.45, 7) is 10.7. The highest BCUT2D eigenvalue weighted by Gasteiger charge is 2.30. The zero-order chi connectivity index (χ0) is 26.6. The van der Waals surface area contributed by atoms with Crippen LogP contribution in [0.15, 0.2) is 36.7 Å². The van der Waals surface area contributed by atoms with Gasteiger partial charge in [0, 0.05) is 25.0 Å². The maximum Gasteiger partial charge on any atom is 0.410 e. The van der Waals surface area contributed by atoms with Crippen molar-refractivity contribution in [2.45, 2.75) is 64.6 Å². The molecule has 0 unspecified atom stereocenters. The quantitative estimate of drug-likeness (QED) is 0.385. The zero-order valence-corrected chi connectivity index (χ0v) is 22.3. The summed E-state index contributed by atoms with van der Waals surface area (Å²) >= 11 is 0. The first-order valence-corrected chi connectivity index (χ1v) is 13.2. The Labute approximate surface area is 221 Å². The largest absolute Gasteiger partial charge is 0.444 e. The van der Waals surface area contributed by atoms with Crippen LogP contribution in [0.3, 0.4) is 0 Å². The lowest BCUT2D eigenvalue weighted by molar-refractivity contribution is 0.0205. The fourth-order valence-electron chi connectivity index (χ4n) is 5.71. The van der Waals surface area contributed by atoms with E-state index >= 15 is 0 Å². The van der Waals surface area contributed by atoms with Gasteiger partial charge < -0.3 is 14.5 Å². The first-order valence-electron chi connectivity index (χ1n) is 13.2. The minimum absolute atomic E-state index is 0.167. The molecule has 10 nitrogen and oxygen atoms in total. The van der Waals surface area contributed by atoms with E-state index in [4.69, 9.17) is 9.84 Å². The predicted octanol–water partition coefficient (Wildman–Crippen LogP) is 4.65. The third kappa shape index (κ3) is 4.22. The molecule has 6 rings (SSSR count). The van der Waals surface area contributed by atoms with E-state index in [0.29, 0.717) is 36.8 Å². The van der Waals surface area contributed by atoms with Gasteiger partial charge in [0.2, 0.25) is 0 Å². The van der Waals surface area contributed by atoms with Gasteiger partial charge in [0.15, 0.2) is 5.65 Å². The van der Waals surface area contributed by atoms with Crippen LogP contribution in [0.2, 0.25) is 0 Å². The highest BCUT2D eigenvalue weighted by atomic mass is 16.6. The molecule has 196 valence electrons. The fraction of sp³-hybridized carbons (Fsp3) is 0.464. The van der Waals surface area contributed by atoms with Gasteiger partial charge >= 0.3 is 6.09 Å². The number of benzene rings is 1. The van der Waals surface area contributed by atoms with Crippen LogP contribution in [0.4, 0.5) is 10.6 Å². The monoisotopic (exact) mass is 512 g/mol. The minimum atomic E-state index is -0.479. The van der Waals surface area contributed by atoms with Crippen LogP contribution in [0.1, 0.15) is 69.3 Å². The van der Waals surface area contributed by atoms with E-state index in [1.54, 1.807) is 4.52 Å². The number of amides is 1. The molecule has 3 aromatic heterocycles. The average Bonchev–Trinajstić information content (AvgIpc) is 3.52. The maximum absolute atomic E-state index is 12.5. The van der Waals surface area contributed by atoms with Crippen LogP contribution in [-0.4, -0.2) is 60.6 Å². The molecule has 10 heteroatoms. The number of aromatic nitrogens is 5. The maximum atomic E-state index is 12.5. The molecule has 2 aliphatic heterocycles. The second-order valence-electron chi connectivity index (χ2n) is 11.4. The summed E-state index contributed by atoms with van der Waals surface area (Å²) in [5.41, 5.74) is 4.06. The number of carbonyl (C=O) groups is 1.